The van der Waals surface area contributed by atoms with E-state index in [1.807, 2.05) is 24.3 Å². The number of nitrogens with two attached hydrogens (primary N) is 1. The van der Waals surface area contributed by atoms with Crippen molar-refractivity contribution in [2.24, 2.45) is 5.73 Å². The number of hydrogen-bond donors (Lipinski definition) is 2. The van der Waals surface area contributed by atoms with Gasteiger partial charge < -0.3 is 20.5 Å². The van der Waals surface area contributed by atoms with Crippen LogP contribution in [0.1, 0.15) is 36.0 Å². The van der Waals surface area contributed by atoms with Gasteiger partial charge in [0.2, 0.25) is 0 Å². The van der Waals surface area contributed by atoms with E-state index in [0.29, 0.717) is 13.0 Å². The van der Waals surface area contributed by atoms with Crippen LogP contribution in [0.15, 0.2) is 42.5 Å². The molecule has 0 aromatic heterocycles. The van der Waals surface area contributed by atoms with E-state index in [0.717, 1.165) is 24.8 Å². The Morgan fingerprint density at radius 3 is 2.71 bits per heavy atom. The number of alkyl carbamates (subject to hydrolysis) is 1. The van der Waals surface area contributed by atoms with Crippen molar-refractivity contribution in [2.45, 2.75) is 38.3 Å². The van der Waals surface area contributed by atoms with Crippen LogP contribution in [-0.4, -0.2) is 31.8 Å². The monoisotopic (exact) mass is 382 g/mol. The first-order chi connectivity index (χ1) is 13.6. The number of ether oxygens (including phenoxy) is 2. The second-order valence-corrected chi connectivity index (χ2v) is 6.91. The van der Waals surface area contributed by atoms with E-state index in [1.54, 1.807) is 0 Å². The molecule has 1 aliphatic rings. The predicted molar refractivity (Wildman–Crippen MR) is 107 cm³/mol. The Kier molecular flexibility index (Phi) is 6.66. The van der Waals surface area contributed by atoms with E-state index >= 15 is 0 Å². The molecular formula is C22H26N2O4. The molecule has 0 fully saturated rings. The van der Waals surface area contributed by atoms with Gasteiger partial charge in [-0.15, -0.1) is 0 Å². The zero-order valence-electron chi connectivity index (χ0n) is 16.1. The number of carbonyl (C=O) groups is 2. The van der Waals surface area contributed by atoms with Gasteiger partial charge in [-0.05, 0) is 53.5 Å². The van der Waals surface area contributed by atoms with Crippen molar-refractivity contribution in [3.8, 4) is 11.1 Å². The number of fused-ring (bicyclic) bond motifs is 3. The number of unbranched alkanes of at least 4 members (excludes halogenated alkanes) is 1. The smallest absolute Gasteiger partial charge is 0.407 e. The first-order valence-corrected chi connectivity index (χ1v) is 9.53. The normalized spacial score (nSPS) is 12.6. The van der Waals surface area contributed by atoms with Crippen LogP contribution >= 0.6 is 0 Å². The quantitative estimate of drug-likeness (QED) is 0.461. The lowest BCUT2D eigenvalue weighted by molar-refractivity contribution is -0.142. The van der Waals surface area contributed by atoms with Gasteiger partial charge in [-0.25, -0.2) is 4.79 Å². The molecule has 148 valence electrons. The van der Waals surface area contributed by atoms with Crippen LogP contribution in [0.3, 0.4) is 0 Å². The standard InChI is InChI=1S/C22H26N2O4/c1-27-21(25)20(23)11-4-5-12-24-22(26)28-14-16-8-6-10-18-17-9-3-2-7-15(17)13-19(16)18/h2-3,6-10,20H,4-5,11-14,23H2,1H3,(H,24,26)/t20-/m0/s1. The Bertz CT molecular complexity index is 850. The molecule has 6 nitrogen and oxygen atoms in total. The number of esters is 1. The van der Waals surface area contributed by atoms with Gasteiger partial charge in [0, 0.05) is 6.54 Å². The fourth-order valence-electron chi connectivity index (χ4n) is 3.50. The molecule has 0 bridgehead atoms. The van der Waals surface area contributed by atoms with Crippen molar-refractivity contribution in [2.75, 3.05) is 13.7 Å². The molecule has 28 heavy (non-hydrogen) atoms. The molecular weight excluding hydrogens is 356 g/mol. The second kappa shape index (κ2) is 9.37. The minimum atomic E-state index is -0.610. The molecule has 0 aliphatic heterocycles. The summed E-state index contributed by atoms with van der Waals surface area (Å²) < 4.78 is 9.97. The molecule has 0 unspecified atom stereocenters. The van der Waals surface area contributed by atoms with Gasteiger partial charge in [0.25, 0.3) is 0 Å². The maximum atomic E-state index is 12.0. The Labute approximate surface area is 165 Å². The molecule has 0 spiro atoms. The summed E-state index contributed by atoms with van der Waals surface area (Å²) in [5.41, 5.74) is 11.7. The molecule has 3 rings (SSSR count). The molecule has 0 radical (unpaired) electrons. The minimum Gasteiger partial charge on any atom is -0.468 e. The molecule has 0 heterocycles. The van der Waals surface area contributed by atoms with Gasteiger partial charge in [0.15, 0.2) is 0 Å². The van der Waals surface area contributed by atoms with Gasteiger partial charge in [-0.2, -0.15) is 0 Å². The van der Waals surface area contributed by atoms with Crippen molar-refractivity contribution in [1.82, 2.24) is 5.32 Å². The summed E-state index contributed by atoms with van der Waals surface area (Å²) in [7, 11) is 1.32. The van der Waals surface area contributed by atoms with E-state index in [9.17, 15) is 9.59 Å². The molecule has 0 saturated carbocycles. The first kappa shape index (κ1) is 19.9. The van der Waals surface area contributed by atoms with Crippen molar-refractivity contribution >= 4 is 12.1 Å². The highest BCUT2D eigenvalue weighted by Crippen LogP contribution is 2.38. The molecule has 2 aromatic carbocycles. The minimum absolute atomic E-state index is 0.246. The Morgan fingerprint density at radius 2 is 1.89 bits per heavy atom. The van der Waals surface area contributed by atoms with Crippen molar-refractivity contribution in [1.29, 1.82) is 0 Å². The third-order valence-electron chi connectivity index (χ3n) is 5.02. The van der Waals surface area contributed by atoms with E-state index in [2.05, 4.69) is 28.3 Å². The van der Waals surface area contributed by atoms with Crippen molar-refractivity contribution in [3.63, 3.8) is 0 Å². The molecule has 1 aliphatic carbocycles. The fourth-order valence-corrected chi connectivity index (χ4v) is 3.50. The molecule has 1 amide bonds. The van der Waals surface area contributed by atoms with Crippen molar-refractivity contribution < 1.29 is 19.1 Å². The van der Waals surface area contributed by atoms with Crippen LogP contribution in [0.2, 0.25) is 0 Å². The van der Waals surface area contributed by atoms with Crippen LogP contribution in [0.4, 0.5) is 4.79 Å². The summed E-state index contributed by atoms with van der Waals surface area (Å²) in [4.78, 5) is 23.2. The number of benzene rings is 2. The lowest BCUT2D eigenvalue weighted by Crippen LogP contribution is -2.31. The van der Waals surface area contributed by atoms with Crippen LogP contribution in [0.25, 0.3) is 11.1 Å². The lowest BCUT2D eigenvalue weighted by Gasteiger charge is -2.11. The van der Waals surface area contributed by atoms with Gasteiger partial charge in [-0.3, -0.25) is 4.79 Å². The largest absolute Gasteiger partial charge is 0.468 e. The summed E-state index contributed by atoms with van der Waals surface area (Å²) in [6, 6.07) is 13.9. The fraction of sp³-hybridized carbons (Fsp3) is 0.364. The van der Waals surface area contributed by atoms with Crippen LogP contribution in [0, 0.1) is 0 Å². The van der Waals surface area contributed by atoms with E-state index in [-0.39, 0.29) is 6.61 Å². The van der Waals surface area contributed by atoms with E-state index in [4.69, 9.17) is 10.5 Å². The van der Waals surface area contributed by atoms with Crippen LogP contribution < -0.4 is 11.1 Å². The van der Waals surface area contributed by atoms with Gasteiger partial charge in [-0.1, -0.05) is 42.5 Å². The number of amides is 1. The van der Waals surface area contributed by atoms with Crippen LogP contribution in [-0.2, 0) is 27.3 Å². The predicted octanol–water partition coefficient (Wildman–Crippen LogP) is 3.15. The zero-order valence-corrected chi connectivity index (χ0v) is 16.1. The SMILES string of the molecule is COC(=O)[C@@H](N)CCCCNC(=O)OCc1cccc2c1Cc1ccccc1-2. The van der Waals surface area contributed by atoms with Gasteiger partial charge in [0.05, 0.1) is 7.11 Å². The average molecular weight is 382 g/mol. The number of nitrogens with one attached hydrogen (secondary N) is 1. The van der Waals surface area contributed by atoms with Gasteiger partial charge >= 0.3 is 12.1 Å². The summed E-state index contributed by atoms with van der Waals surface area (Å²) in [5, 5.41) is 2.74. The molecule has 1 atom stereocenters. The topological polar surface area (TPSA) is 90.6 Å². The maximum absolute atomic E-state index is 12.0. The van der Waals surface area contributed by atoms with Crippen molar-refractivity contribution in [3.05, 3.63) is 59.2 Å². The number of methoxy groups -OCH3 is 1. The summed E-state index contributed by atoms with van der Waals surface area (Å²) in [6.45, 7) is 0.723. The Morgan fingerprint density at radius 1 is 1.11 bits per heavy atom. The Balaban J connectivity index is 1.42. The third kappa shape index (κ3) is 4.70. The molecule has 3 N–H and O–H groups in total. The molecule has 6 heteroatoms. The molecule has 0 saturated heterocycles. The Hall–Kier alpha value is -2.86. The zero-order chi connectivity index (χ0) is 19.9. The average Bonchev–Trinajstić information content (AvgIpc) is 3.10. The summed E-state index contributed by atoms with van der Waals surface area (Å²) in [5.74, 6) is -0.412. The van der Waals surface area contributed by atoms with E-state index < -0.39 is 18.1 Å². The summed E-state index contributed by atoms with van der Waals surface area (Å²) in [6.07, 6.45) is 2.40. The maximum Gasteiger partial charge on any atom is 0.407 e. The second-order valence-electron chi connectivity index (χ2n) is 6.91. The van der Waals surface area contributed by atoms with Crippen LogP contribution in [0.5, 0.6) is 0 Å². The van der Waals surface area contributed by atoms with Gasteiger partial charge in [0.1, 0.15) is 12.6 Å². The first-order valence-electron chi connectivity index (χ1n) is 9.53. The number of hydrogen-bond acceptors (Lipinski definition) is 5. The summed E-state index contributed by atoms with van der Waals surface area (Å²) >= 11 is 0. The highest BCUT2D eigenvalue weighted by Gasteiger charge is 2.20. The van der Waals surface area contributed by atoms with E-state index in [1.165, 1.54) is 29.4 Å². The number of rotatable bonds is 8. The highest BCUT2D eigenvalue weighted by molar-refractivity contribution is 5.78. The highest BCUT2D eigenvalue weighted by atomic mass is 16.5. The number of carbonyl (C=O) groups excluding carboxylic acids is 2. The molecule has 2 aromatic rings. The lowest BCUT2D eigenvalue weighted by atomic mass is 10.0. The third-order valence-corrected chi connectivity index (χ3v) is 5.02.